The quantitative estimate of drug-likeness (QED) is 0.688. The second-order valence-electron chi connectivity index (χ2n) is 5.07. The molecular weight excluding hydrogens is 200 g/mol. The van der Waals surface area contributed by atoms with E-state index < -0.39 is 0 Å². The minimum atomic E-state index is 0.686. The molecule has 1 fully saturated rings. The molecule has 1 rings (SSSR count). The van der Waals surface area contributed by atoms with Crippen molar-refractivity contribution in [2.45, 2.75) is 33.7 Å². The van der Waals surface area contributed by atoms with Gasteiger partial charge >= 0.3 is 0 Å². The second-order valence-corrected chi connectivity index (χ2v) is 5.07. The highest BCUT2D eigenvalue weighted by atomic mass is 16.5. The number of hydrogen-bond acceptors (Lipinski definition) is 3. The van der Waals surface area contributed by atoms with Crippen LogP contribution in [-0.4, -0.2) is 61.8 Å². The van der Waals surface area contributed by atoms with E-state index in [-0.39, 0.29) is 0 Å². The maximum absolute atomic E-state index is 5.36. The van der Waals surface area contributed by atoms with Crippen LogP contribution in [0, 0.1) is 5.92 Å². The molecule has 0 aliphatic carbocycles. The lowest BCUT2D eigenvalue weighted by Gasteiger charge is -2.34. The summed E-state index contributed by atoms with van der Waals surface area (Å²) in [6.45, 7) is 16.8. The van der Waals surface area contributed by atoms with E-state index in [0.717, 1.165) is 38.8 Å². The lowest BCUT2D eigenvalue weighted by atomic mass is 10.0. The third-order valence-electron chi connectivity index (χ3n) is 3.75. The molecule has 0 saturated carbocycles. The molecule has 0 aromatic carbocycles. The Morgan fingerprint density at radius 2 is 1.81 bits per heavy atom. The van der Waals surface area contributed by atoms with Crippen molar-refractivity contribution < 1.29 is 4.74 Å². The lowest BCUT2D eigenvalue weighted by Crippen LogP contribution is -2.44. The van der Waals surface area contributed by atoms with E-state index in [2.05, 4.69) is 37.5 Å². The number of rotatable bonds is 6. The third-order valence-corrected chi connectivity index (χ3v) is 3.75. The molecule has 3 heteroatoms. The van der Waals surface area contributed by atoms with Gasteiger partial charge in [-0.15, -0.1) is 0 Å². The number of hydrogen-bond donors (Lipinski definition) is 0. The van der Waals surface area contributed by atoms with Crippen LogP contribution < -0.4 is 0 Å². The average molecular weight is 228 g/mol. The zero-order valence-corrected chi connectivity index (χ0v) is 11.4. The van der Waals surface area contributed by atoms with E-state index in [1.807, 2.05) is 0 Å². The molecule has 1 unspecified atom stereocenters. The summed E-state index contributed by atoms with van der Waals surface area (Å²) in [5.74, 6) is 0.740. The molecule has 0 N–H and O–H groups in total. The van der Waals surface area contributed by atoms with Gasteiger partial charge in [0.2, 0.25) is 0 Å². The van der Waals surface area contributed by atoms with Crippen LogP contribution in [0.25, 0.3) is 0 Å². The van der Waals surface area contributed by atoms with Gasteiger partial charge in [-0.05, 0) is 19.4 Å². The van der Waals surface area contributed by atoms with Crippen molar-refractivity contribution in [1.29, 1.82) is 0 Å². The smallest absolute Gasteiger partial charge is 0.0594 e. The molecule has 1 aliphatic rings. The van der Waals surface area contributed by atoms with E-state index in [1.54, 1.807) is 0 Å². The number of morpholine rings is 1. The van der Waals surface area contributed by atoms with Gasteiger partial charge in [-0.2, -0.15) is 0 Å². The van der Waals surface area contributed by atoms with Gasteiger partial charge in [0, 0.05) is 32.2 Å². The third kappa shape index (κ3) is 4.40. The Bertz CT molecular complexity index is 179. The summed E-state index contributed by atoms with van der Waals surface area (Å²) < 4.78 is 5.36. The predicted molar refractivity (Wildman–Crippen MR) is 68.8 cm³/mol. The molecular formula is C13H28N2O. The van der Waals surface area contributed by atoms with E-state index in [4.69, 9.17) is 4.74 Å². The zero-order chi connectivity index (χ0) is 12.0. The first-order valence-corrected chi connectivity index (χ1v) is 6.69. The Labute approximate surface area is 101 Å². The van der Waals surface area contributed by atoms with Crippen molar-refractivity contribution in [2.75, 3.05) is 45.9 Å². The van der Waals surface area contributed by atoms with Gasteiger partial charge < -0.3 is 4.74 Å². The molecule has 96 valence electrons. The standard InChI is InChI=1S/C13H28N2O/c1-5-15(13(4)12(2)3)7-6-14-8-10-16-11-9-14/h12-13H,5-11H2,1-4H3. The van der Waals surface area contributed by atoms with Crippen molar-refractivity contribution >= 4 is 0 Å². The van der Waals surface area contributed by atoms with Crippen LogP contribution in [0.4, 0.5) is 0 Å². The van der Waals surface area contributed by atoms with Crippen LogP contribution in [0.15, 0.2) is 0 Å². The Kier molecular flexibility index (Phi) is 6.32. The van der Waals surface area contributed by atoms with Crippen molar-refractivity contribution in [3.8, 4) is 0 Å². The minimum Gasteiger partial charge on any atom is -0.379 e. The van der Waals surface area contributed by atoms with Crippen LogP contribution in [0.5, 0.6) is 0 Å². The summed E-state index contributed by atoms with van der Waals surface area (Å²) in [6.07, 6.45) is 0. The summed E-state index contributed by atoms with van der Waals surface area (Å²) >= 11 is 0. The Morgan fingerprint density at radius 1 is 1.19 bits per heavy atom. The van der Waals surface area contributed by atoms with E-state index in [1.165, 1.54) is 13.1 Å². The van der Waals surface area contributed by atoms with Crippen molar-refractivity contribution in [1.82, 2.24) is 9.80 Å². The van der Waals surface area contributed by atoms with Gasteiger partial charge in [-0.1, -0.05) is 20.8 Å². The Hall–Kier alpha value is -0.120. The SMILES string of the molecule is CCN(CCN1CCOCC1)C(C)C(C)C. The summed E-state index contributed by atoms with van der Waals surface area (Å²) in [6, 6.07) is 0.686. The van der Waals surface area contributed by atoms with Crippen molar-refractivity contribution in [3.63, 3.8) is 0 Å². The summed E-state index contributed by atoms with van der Waals surface area (Å²) in [7, 11) is 0. The molecule has 1 atom stereocenters. The fourth-order valence-corrected chi connectivity index (χ4v) is 2.17. The molecule has 0 amide bonds. The van der Waals surface area contributed by atoms with Crippen molar-refractivity contribution in [3.05, 3.63) is 0 Å². The van der Waals surface area contributed by atoms with Crippen LogP contribution in [0.1, 0.15) is 27.7 Å². The lowest BCUT2D eigenvalue weighted by molar-refractivity contribution is 0.0302. The molecule has 0 radical (unpaired) electrons. The first-order chi connectivity index (χ1) is 7.65. The van der Waals surface area contributed by atoms with E-state index >= 15 is 0 Å². The molecule has 3 nitrogen and oxygen atoms in total. The first kappa shape index (κ1) is 13.9. The molecule has 0 bridgehead atoms. The van der Waals surface area contributed by atoms with Gasteiger partial charge in [0.25, 0.3) is 0 Å². The highest BCUT2D eigenvalue weighted by Crippen LogP contribution is 2.09. The minimum absolute atomic E-state index is 0.686. The van der Waals surface area contributed by atoms with Gasteiger partial charge in [0.05, 0.1) is 13.2 Å². The molecule has 0 aromatic rings. The van der Waals surface area contributed by atoms with Crippen LogP contribution >= 0.6 is 0 Å². The first-order valence-electron chi connectivity index (χ1n) is 6.69. The Balaban J connectivity index is 2.27. The highest BCUT2D eigenvalue weighted by Gasteiger charge is 2.17. The van der Waals surface area contributed by atoms with Gasteiger partial charge in [0.1, 0.15) is 0 Å². The summed E-state index contributed by atoms with van der Waals surface area (Å²) in [4.78, 5) is 5.10. The van der Waals surface area contributed by atoms with Crippen molar-refractivity contribution in [2.24, 2.45) is 5.92 Å². The van der Waals surface area contributed by atoms with Crippen LogP contribution in [0.2, 0.25) is 0 Å². The second kappa shape index (κ2) is 7.25. The zero-order valence-electron chi connectivity index (χ0n) is 11.4. The predicted octanol–water partition coefficient (Wildman–Crippen LogP) is 1.68. The average Bonchev–Trinajstić information content (AvgIpc) is 2.30. The normalized spacial score (nSPS) is 20.6. The molecule has 1 aliphatic heterocycles. The highest BCUT2D eigenvalue weighted by molar-refractivity contribution is 4.71. The fraction of sp³-hybridized carbons (Fsp3) is 1.00. The molecule has 0 aromatic heterocycles. The van der Waals surface area contributed by atoms with Gasteiger partial charge in [-0.25, -0.2) is 0 Å². The fourth-order valence-electron chi connectivity index (χ4n) is 2.17. The Morgan fingerprint density at radius 3 is 2.31 bits per heavy atom. The topological polar surface area (TPSA) is 15.7 Å². The maximum atomic E-state index is 5.36. The van der Waals surface area contributed by atoms with Gasteiger partial charge in [-0.3, -0.25) is 9.80 Å². The number of likely N-dealkylation sites (N-methyl/N-ethyl adjacent to an activating group) is 1. The van der Waals surface area contributed by atoms with Crippen LogP contribution in [0.3, 0.4) is 0 Å². The molecule has 1 saturated heterocycles. The summed E-state index contributed by atoms with van der Waals surface area (Å²) in [5, 5.41) is 0. The van der Waals surface area contributed by atoms with E-state index in [9.17, 15) is 0 Å². The van der Waals surface area contributed by atoms with Gasteiger partial charge in [0.15, 0.2) is 0 Å². The largest absolute Gasteiger partial charge is 0.379 e. The maximum Gasteiger partial charge on any atom is 0.0594 e. The monoisotopic (exact) mass is 228 g/mol. The molecule has 0 spiro atoms. The number of nitrogens with zero attached hydrogens (tertiary/aromatic N) is 2. The van der Waals surface area contributed by atoms with Crippen LogP contribution in [-0.2, 0) is 4.74 Å². The summed E-state index contributed by atoms with van der Waals surface area (Å²) in [5.41, 5.74) is 0. The molecule has 1 heterocycles. The molecule has 16 heavy (non-hydrogen) atoms. The number of ether oxygens (including phenoxy) is 1. The van der Waals surface area contributed by atoms with E-state index in [0.29, 0.717) is 6.04 Å².